The highest BCUT2D eigenvalue weighted by molar-refractivity contribution is 7.88. The Labute approximate surface area is 204 Å². The summed E-state index contributed by atoms with van der Waals surface area (Å²) in [5, 5.41) is 16.3. The fourth-order valence-electron chi connectivity index (χ4n) is 4.34. The van der Waals surface area contributed by atoms with Gasteiger partial charge < -0.3 is 4.98 Å². The average molecular weight is 502 g/mol. The fraction of sp³-hybridized carbons (Fsp3) is 0.0800. The number of hydrogen-bond donors (Lipinski definition) is 4. The Bertz CT molecular complexity index is 1840. The first kappa shape index (κ1) is 22.1. The van der Waals surface area contributed by atoms with Crippen molar-refractivity contribution in [1.29, 1.82) is 0 Å². The summed E-state index contributed by atoms with van der Waals surface area (Å²) in [6, 6.07) is 12.5. The van der Waals surface area contributed by atoms with Gasteiger partial charge in [0, 0.05) is 40.8 Å². The van der Waals surface area contributed by atoms with Gasteiger partial charge in [-0.05, 0) is 53.1 Å². The maximum Gasteiger partial charge on any atom is 0.209 e. The van der Waals surface area contributed by atoms with Gasteiger partial charge in [0.15, 0.2) is 0 Å². The molecule has 4 heterocycles. The van der Waals surface area contributed by atoms with Crippen molar-refractivity contribution < 1.29 is 12.8 Å². The Hall–Kier alpha value is -4.35. The molecule has 0 amide bonds. The summed E-state index contributed by atoms with van der Waals surface area (Å²) in [4.78, 5) is 7.71. The van der Waals surface area contributed by atoms with Gasteiger partial charge in [0.2, 0.25) is 10.0 Å². The first-order valence-electron chi connectivity index (χ1n) is 11.0. The van der Waals surface area contributed by atoms with E-state index in [1.165, 1.54) is 12.1 Å². The molecule has 0 spiro atoms. The molecule has 6 aromatic rings. The van der Waals surface area contributed by atoms with Gasteiger partial charge in [-0.3, -0.25) is 15.2 Å². The first-order chi connectivity index (χ1) is 17.3. The zero-order valence-corrected chi connectivity index (χ0v) is 19.8. The Morgan fingerprint density at radius 1 is 0.944 bits per heavy atom. The van der Waals surface area contributed by atoms with E-state index in [2.05, 4.69) is 41.2 Å². The van der Waals surface area contributed by atoms with Gasteiger partial charge in [0.05, 0.1) is 35.4 Å². The van der Waals surface area contributed by atoms with Crippen LogP contribution in [0.25, 0.3) is 55.4 Å². The van der Waals surface area contributed by atoms with Crippen molar-refractivity contribution in [3.05, 3.63) is 78.6 Å². The second-order valence-corrected chi connectivity index (χ2v) is 10.4. The van der Waals surface area contributed by atoms with Crippen LogP contribution in [0.1, 0.15) is 5.56 Å². The molecule has 0 bridgehead atoms. The van der Waals surface area contributed by atoms with Crippen LogP contribution in [0.5, 0.6) is 0 Å². The number of aromatic nitrogens is 6. The lowest BCUT2D eigenvalue weighted by atomic mass is 10.0. The molecule has 0 unspecified atom stereocenters. The number of H-pyrrole nitrogens is 3. The molecular weight excluding hydrogens is 481 g/mol. The van der Waals surface area contributed by atoms with Crippen molar-refractivity contribution in [2.45, 2.75) is 6.54 Å². The van der Waals surface area contributed by atoms with Crippen LogP contribution in [0.15, 0.2) is 67.3 Å². The van der Waals surface area contributed by atoms with Gasteiger partial charge >= 0.3 is 0 Å². The molecule has 0 atom stereocenters. The van der Waals surface area contributed by atoms with Crippen molar-refractivity contribution in [3.8, 4) is 33.6 Å². The molecule has 0 saturated carbocycles. The van der Waals surface area contributed by atoms with E-state index in [1.807, 2.05) is 24.4 Å². The highest BCUT2D eigenvalue weighted by atomic mass is 32.2. The number of fused-ring (bicyclic) bond motifs is 2. The van der Waals surface area contributed by atoms with Crippen LogP contribution in [0.4, 0.5) is 4.39 Å². The molecule has 4 aromatic heterocycles. The second kappa shape index (κ2) is 8.40. The van der Waals surface area contributed by atoms with Crippen LogP contribution in [0.2, 0.25) is 0 Å². The number of aromatic amines is 3. The van der Waals surface area contributed by atoms with Crippen LogP contribution >= 0.6 is 0 Å². The smallest absolute Gasteiger partial charge is 0.209 e. The minimum atomic E-state index is -3.41. The van der Waals surface area contributed by atoms with Crippen molar-refractivity contribution in [2.24, 2.45) is 0 Å². The number of hydrogen-bond acceptors (Lipinski definition) is 5. The zero-order chi connectivity index (χ0) is 24.9. The predicted molar refractivity (Wildman–Crippen MR) is 136 cm³/mol. The van der Waals surface area contributed by atoms with Gasteiger partial charge in [0.25, 0.3) is 0 Å². The molecule has 0 aliphatic rings. The van der Waals surface area contributed by atoms with Crippen molar-refractivity contribution in [1.82, 2.24) is 35.1 Å². The lowest BCUT2D eigenvalue weighted by Gasteiger charge is -2.08. The monoisotopic (exact) mass is 501 g/mol. The van der Waals surface area contributed by atoms with Gasteiger partial charge in [0.1, 0.15) is 11.5 Å². The average Bonchev–Trinajstić information content (AvgIpc) is 3.60. The summed E-state index contributed by atoms with van der Waals surface area (Å²) in [6.07, 6.45) is 8.04. The number of nitrogens with zero attached hydrogens (tertiary/aromatic N) is 3. The third-order valence-corrected chi connectivity index (χ3v) is 6.67. The molecule has 0 fully saturated rings. The lowest BCUT2D eigenvalue weighted by Crippen LogP contribution is -2.21. The topological polar surface area (TPSA) is 132 Å². The maximum absolute atomic E-state index is 14.5. The summed E-state index contributed by atoms with van der Waals surface area (Å²) >= 11 is 0. The summed E-state index contributed by atoms with van der Waals surface area (Å²) in [5.41, 5.74) is 6.99. The Morgan fingerprint density at radius 2 is 1.83 bits per heavy atom. The summed E-state index contributed by atoms with van der Waals surface area (Å²) in [6.45, 7) is -0.0103. The molecule has 9 nitrogen and oxygen atoms in total. The van der Waals surface area contributed by atoms with Crippen LogP contribution in [0, 0.1) is 5.82 Å². The number of halogens is 1. The van der Waals surface area contributed by atoms with Gasteiger partial charge in [-0.1, -0.05) is 6.07 Å². The summed E-state index contributed by atoms with van der Waals surface area (Å²) in [5.74, 6) is -0.462. The minimum Gasteiger partial charge on any atom is -0.352 e. The summed E-state index contributed by atoms with van der Waals surface area (Å²) in [7, 11) is -3.41. The Balaban J connectivity index is 1.44. The highest BCUT2D eigenvalue weighted by Gasteiger charge is 2.16. The molecule has 2 aromatic carbocycles. The van der Waals surface area contributed by atoms with Crippen LogP contribution < -0.4 is 4.72 Å². The normalized spacial score (nSPS) is 12.1. The number of nitrogens with one attached hydrogen (secondary N) is 4. The molecule has 11 heteroatoms. The van der Waals surface area contributed by atoms with Crippen molar-refractivity contribution in [2.75, 3.05) is 6.26 Å². The number of pyridine rings is 1. The molecular formula is C25H20FN7O2S. The second-order valence-electron chi connectivity index (χ2n) is 8.59. The van der Waals surface area contributed by atoms with Crippen LogP contribution in [-0.4, -0.2) is 45.0 Å². The van der Waals surface area contributed by atoms with E-state index in [9.17, 15) is 12.8 Å². The fourth-order valence-corrected chi connectivity index (χ4v) is 4.77. The lowest BCUT2D eigenvalue weighted by molar-refractivity contribution is 0.586. The molecule has 6 rings (SSSR count). The van der Waals surface area contributed by atoms with Crippen molar-refractivity contribution in [3.63, 3.8) is 0 Å². The quantitative estimate of drug-likeness (QED) is 0.269. The number of rotatable bonds is 6. The molecule has 0 radical (unpaired) electrons. The zero-order valence-electron chi connectivity index (χ0n) is 19.0. The third kappa shape index (κ3) is 4.14. The molecule has 0 saturated heterocycles. The largest absolute Gasteiger partial charge is 0.352 e. The Morgan fingerprint density at radius 3 is 2.64 bits per heavy atom. The molecule has 180 valence electrons. The summed E-state index contributed by atoms with van der Waals surface area (Å²) < 4.78 is 39.8. The van der Waals surface area contributed by atoms with E-state index < -0.39 is 15.8 Å². The SMILES string of the molecule is CS(=O)(=O)NCc1cc(F)cc(-c2cncc3[nH]c(-c4n[nH]c5ccc(-c6cn[nH]c6)cc45)cc23)c1. The highest BCUT2D eigenvalue weighted by Crippen LogP contribution is 2.35. The van der Waals surface area contributed by atoms with E-state index >= 15 is 0 Å². The predicted octanol–water partition coefficient (Wildman–Crippen LogP) is 4.35. The van der Waals surface area contributed by atoms with E-state index in [4.69, 9.17) is 0 Å². The Kier molecular flexibility index (Phi) is 5.16. The van der Waals surface area contributed by atoms with Gasteiger partial charge in [-0.15, -0.1) is 0 Å². The van der Waals surface area contributed by atoms with E-state index in [1.54, 1.807) is 24.7 Å². The number of benzene rings is 2. The molecule has 0 aliphatic heterocycles. The van der Waals surface area contributed by atoms with Crippen LogP contribution in [0.3, 0.4) is 0 Å². The van der Waals surface area contributed by atoms with E-state index in [-0.39, 0.29) is 6.54 Å². The molecule has 36 heavy (non-hydrogen) atoms. The standard InChI is InChI=1S/C25H20FN7O2S/c1-36(34,35)30-9-14-4-16(6-18(26)5-14)21-12-27-13-24-19(21)8-23(31-24)25-20-7-15(17-10-28-29-11-17)2-3-22(20)32-33-25/h2-8,10-13,30-31H,9H2,1H3,(H,28,29)(H,32,33). The van der Waals surface area contributed by atoms with Gasteiger partial charge in [-0.25, -0.2) is 17.5 Å². The molecule has 4 N–H and O–H groups in total. The third-order valence-electron chi connectivity index (χ3n) is 6.00. The van der Waals surface area contributed by atoms with Gasteiger partial charge in [-0.2, -0.15) is 10.2 Å². The minimum absolute atomic E-state index is 0.0103. The van der Waals surface area contributed by atoms with Crippen molar-refractivity contribution >= 4 is 31.8 Å². The van der Waals surface area contributed by atoms with Crippen LogP contribution in [-0.2, 0) is 16.6 Å². The first-order valence-corrected chi connectivity index (χ1v) is 12.9. The van der Waals surface area contributed by atoms with E-state index in [0.717, 1.165) is 50.6 Å². The number of sulfonamides is 1. The molecule has 0 aliphatic carbocycles. The van der Waals surface area contributed by atoms with E-state index in [0.29, 0.717) is 16.7 Å². The maximum atomic E-state index is 14.5.